The number of likely N-dealkylation sites (N-methyl/N-ethyl adjacent to an activating group) is 1. The van der Waals surface area contributed by atoms with Gasteiger partial charge in [0.15, 0.2) is 0 Å². The minimum atomic E-state index is 0.239. The van der Waals surface area contributed by atoms with Crippen molar-refractivity contribution in [2.75, 3.05) is 33.2 Å². The molecule has 1 heterocycles. The number of hydrogen-bond acceptors (Lipinski definition) is 3. The summed E-state index contributed by atoms with van der Waals surface area (Å²) < 4.78 is 0. The van der Waals surface area contributed by atoms with Crippen LogP contribution in [0, 0.1) is 0 Å². The van der Waals surface area contributed by atoms with Gasteiger partial charge in [-0.1, -0.05) is 44.2 Å². The van der Waals surface area contributed by atoms with Crippen molar-refractivity contribution in [1.82, 2.24) is 15.1 Å². The van der Waals surface area contributed by atoms with E-state index >= 15 is 0 Å². The number of piperazine rings is 1. The molecule has 0 bridgehead atoms. The second-order valence-electron chi connectivity index (χ2n) is 7.19. The molecular weight excluding hydrogens is 258 g/mol. The molecule has 0 spiro atoms. The number of benzene rings is 1. The third kappa shape index (κ3) is 4.29. The smallest absolute Gasteiger partial charge is 0.0474 e. The lowest BCUT2D eigenvalue weighted by molar-refractivity contribution is 0.0158. The average molecular weight is 289 g/mol. The summed E-state index contributed by atoms with van der Waals surface area (Å²) in [6.07, 6.45) is 0. The molecule has 0 saturated carbocycles. The summed E-state index contributed by atoms with van der Waals surface area (Å²) in [5.41, 5.74) is 1.66. The fourth-order valence-corrected chi connectivity index (χ4v) is 3.02. The Labute approximate surface area is 130 Å². The fraction of sp³-hybridized carbons (Fsp3) is 0.667. The Morgan fingerprint density at radius 3 is 2.38 bits per heavy atom. The van der Waals surface area contributed by atoms with Crippen LogP contribution in [0.3, 0.4) is 0 Å². The zero-order valence-electron chi connectivity index (χ0n) is 14.3. The van der Waals surface area contributed by atoms with Gasteiger partial charge in [-0.2, -0.15) is 0 Å². The second-order valence-corrected chi connectivity index (χ2v) is 7.19. The molecule has 0 aliphatic carbocycles. The second kappa shape index (κ2) is 6.91. The van der Waals surface area contributed by atoms with Gasteiger partial charge < -0.3 is 5.32 Å². The zero-order chi connectivity index (χ0) is 15.5. The number of nitrogens with zero attached hydrogens (tertiary/aromatic N) is 2. The van der Waals surface area contributed by atoms with Crippen LogP contribution in [-0.4, -0.2) is 54.6 Å². The topological polar surface area (TPSA) is 18.5 Å². The molecule has 1 fully saturated rings. The van der Waals surface area contributed by atoms with Gasteiger partial charge in [-0.25, -0.2) is 0 Å². The van der Waals surface area contributed by atoms with Crippen LogP contribution in [0.5, 0.6) is 0 Å². The molecule has 3 nitrogen and oxygen atoms in total. The predicted molar refractivity (Wildman–Crippen MR) is 90.6 cm³/mol. The molecule has 1 aromatic carbocycles. The molecule has 2 rings (SSSR count). The third-order valence-corrected chi connectivity index (χ3v) is 4.69. The maximum absolute atomic E-state index is 3.62. The summed E-state index contributed by atoms with van der Waals surface area (Å²) in [5.74, 6) is 0. The Morgan fingerprint density at radius 2 is 1.81 bits per heavy atom. The molecule has 1 atom stereocenters. The molecule has 1 aromatic rings. The van der Waals surface area contributed by atoms with Crippen LogP contribution in [0.15, 0.2) is 30.3 Å². The quantitative estimate of drug-likeness (QED) is 0.899. The minimum absolute atomic E-state index is 0.239. The zero-order valence-corrected chi connectivity index (χ0v) is 14.3. The van der Waals surface area contributed by atoms with Crippen molar-refractivity contribution >= 4 is 0 Å². The molecule has 0 amide bonds. The first-order valence-electron chi connectivity index (χ1n) is 8.14. The van der Waals surface area contributed by atoms with Gasteiger partial charge in [0.05, 0.1) is 0 Å². The van der Waals surface area contributed by atoms with Crippen LogP contribution in [0.4, 0.5) is 0 Å². The molecule has 1 aliphatic heterocycles. The molecule has 3 heteroatoms. The molecular formula is C18H31N3. The van der Waals surface area contributed by atoms with Crippen LogP contribution in [0.1, 0.15) is 39.3 Å². The maximum atomic E-state index is 3.62. The van der Waals surface area contributed by atoms with Gasteiger partial charge in [0, 0.05) is 43.8 Å². The van der Waals surface area contributed by atoms with Crippen LogP contribution in [-0.2, 0) is 0 Å². The van der Waals surface area contributed by atoms with Crippen LogP contribution in [0.25, 0.3) is 0 Å². The highest BCUT2D eigenvalue weighted by Gasteiger charge is 2.34. The van der Waals surface area contributed by atoms with Crippen molar-refractivity contribution in [2.24, 2.45) is 0 Å². The lowest BCUT2D eigenvalue weighted by atomic mass is 9.96. The van der Waals surface area contributed by atoms with Crippen molar-refractivity contribution in [3.63, 3.8) is 0 Å². The SMILES string of the molecule is CC(C)NCC(c1ccccc1)N1CCN(C)C(C)(C)C1. The van der Waals surface area contributed by atoms with E-state index < -0.39 is 0 Å². The molecule has 21 heavy (non-hydrogen) atoms. The molecule has 118 valence electrons. The number of rotatable bonds is 5. The highest BCUT2D eigenvalue weighted by atomic mass is 15.3. The van der Waals surface area contributed by atoms with Gasteiger partial charge in [0.1, 0.15) is 0 Å². The van der Waals surface area contributed by atoms with Gasteiger partial charge in [-0.15, -0.1) is 0 Å². The number of hydrogen-bond donors (Lipinski definition) is 1. The summed E-state index contributed by atoms with van der Waals surface area (Å²) in [7, 11) is 2.24. The van der Waals surface area contributed by atoms with E-state index in [1.165, 1.54) is 5.56 Å². The largest absolute Gasteiger partial charge is 0.313 e. The summed E-state index contributed by atoms with van der Waals surface area (Å²) >= 11 is 0. The molecule has 1 unspecified atom stereocenters. The summed E-state index contributed by atoms with van der Waals surface area (Å²) in [6, 6.07) is 11.9. The fourth-order valence-electron chi connectivity index (χ4n) is 3.02. The Balaban J connectivity index is 2.15. The van der Waals surface area contributed by atoms with Crippen molar-refractivity contribution in [2.45, 2.75) is 45.3 Å². The van der Waals surface area contributed by atoms with Crippen molar-refractivity contribution in [3.8, 4) is 0 Å². The van der Waals surface area contributed by atoms with E-state index in [-0.39, 0.29) is 5.54 Å². The van der Waals surface area contributed by atoms with E-state index in [0.29, 0.717) is 12.1 Å². The summed E-state index contributed by atoms with van der Waals surface area (Å²) in [6.45, 7) is 13.5. The van der Waals surface area contributed by atoms with Crippen molar-refractivity contribution in [1.29, 1.82) is 0 Å². The van der Waals surface area contributed by atoms with Crippen LogP contribution < -0.4 is 5.32 Å². The minimum Gasteiger partial charge on any atom is -0.313 e. The van der Waals surface area contributed by atoms with E-state index in [1.807, 2.05) is 0 Å². The Bertz CT molecular complexity index is 427. The predicted octanol–water partition coefficient (Wildman–Crippen LogP) is 2.75. The van der Waals surface area contributed by atoms with Gasteiger partial charge >= 0.3 is 0 Å². The van der Waals surface area contributed by atoms with Crippen molar-refractivity contribution in [3.05, 3.63) is 35.9 Å². The van der Waals surface area contributed by atoms with Crippen LogP contribution in [0.2, 0.25) is 0 Å². The van der Waals surface area contributed by atoms with E-state index in [9.17, 15) is 0 Å². The molecule has 0 aromatic heterocycles. The standard InChI is InChI=1S/C18H31N3/c1-15(2)19-13-17(16-9-7-6-8-10-16)21-12-11-20(5)18(3,4)14-21/h6-10,15,17,19H,11-14H2,1-5H3. The van der Waals surface area contributed by atoms with Crippen LogP contribution >= 0.6 is 0 Å². The van der Waals surface area contributed by atoms with E-state index in [1.54, 1.807) is 0 Å². The highest BCUT2D eigenvalue weighted by Crippen LogP contribution is 2.27. The average Bonchev–Trinajstić information content (AvgIpc) is 2.43. The van der Waals surface area contributed by atoms with Gasteiger partial charge in [0.25, 0.3) is 0 Å². The van der Waals surface area contributed by atoms with Gasteiger partial charge in [-0.3, -0.25) is 9.80 Å². The summed E-state index contributed by atoms with van der Waals surface area (Å²) in [5, 5.41) is 3.62. The van der Waals surface area contributed by atoms with E-state index in [0.717, 1.165) is 26.2 Å². The molecule has 1 aliphatic rings. The maximum Gasteiger partial charge on any atom is 0.0474 e. The lowest BCUT2D eigenvalue weighted by Crippen LogP contribution is -2.59. The summed E-state index contributed by atoms with van der Waals surface area (Å²) in [4.78, 5) is 5.12. The van der Waals surface area contributed by atoms with E-state index in [4.69, 9.17) is 0 Å². The Morgan fingerprint density at radius 1 is 1.14 bits per heavy atom. The first-order chi connectivity index (χ1) is 9.90. The number of nitrogens with one attached hydrogen (secondary N) is 1. The molecule has 1 N–H and O–H groups in total. The molecule has 0 radical (unpaired) electrons. The normalized spacial score (nSPS) is 21.6. The molecule has 1 saturated heterocycles. The Hall–Kier alpha value is -0.900. The third-order valence-electron chi connectivity index (χ3n) is 4.69. The van der Waals surface area contributed by atoms with E-state index in [2.05, 4.69) is 80.2 Å². The first-order valence-corrected chi connectivity index (χ1v) is 8.14. The first kappa shape index (κ1) is 16.5. The van der Waals surface area contributed by atoms with Gasteiger partial charge in [-0.05, 0) is 26.5 Å². The Kier molecular flexibility index (Phi) is 5.42. The highest BCUT2D eigenvalue weighted by molar-refractivity contribution is 5.20. The lowest BCUT2D eigenvalue weighted by Gasteiger charge is -2.48. The monoisotopic (exact) mass is 289 g/mol. The van der Waals surface area contributed by atoms with Crippen molar-refractivity contribution < 1.29 is 0 Å². The van der Waals surface area contributed by atoms with Gasteiger partial charge in [0.2, 0.25) is 0 Å².